The maximum atomic E-state index is 4.46. The number of halogens is 1. The summed E-state index contributed by atoms with van der Waals surface area (Å²) in [5.41, 5.74) is 2.69. The van der Waals surface area contributed by atoms with Gasteiger partial charge in [-0.15, -0.1) is 0 Å². The lowest BCUT2D eigenvalue weighted by Gasteiger charge is -2.06. The van der Waals surface area contributed by atoms with Crippen LogP contribution in [-0.4, -0.2) is 19.5 Å². The Labute approximate surface area is 124 Å². The molecule has 1 aliphatic rings. The minimum absolute atomic E-state index is 0.564. The number of hydrogen-bond acceptors (Lipinski definition) is 4. The van der Waals surface area contributed by atoms with Crippen molar-refractivity contribution in [1.29, 1.82) is 0 Å². The fourth-order valence-electron chi connectivity index (χ4n) is 2.27. The van der Waals surface area contributed by atoms with Gasteiger partial charge in [-0.25, -0.2) is 15.0 Å². The molecule has 1 aromatic carbocycles. The van der Waals surface area contributed by atoms with Gasteiger partial charge in [-0.05, 0) is 31.0 Å². The van der Waals surface area contributed by atoms with Crippen LogP contribution in [0.15, 0.2) is 41.4 Å². The van der Waals surface area contributed by atoms with Crippen LogP contribution in [0.25, 0.3) is 11.2 Å². The van der Waals surface area contributed by atoms with Crippen molar-refractivity contribution in [2.45, 2.75) is 18.9 Å². The lowest BCUT2D eigenvalue weighted by atomic mass is 10.3. The molecule has 0 aliphatic heterocycles. The third kappa shape index (κ3) is 2.06. The SMILES string of the molecule is Brc1cccc(Nc2ncnc3c2ncn3C2CC2)c1. The molecule has 1 N–H and O–H groups in total. The second-order valence-electron chi connectivity index (χ2n) is 4.91. The second kappa shape index (κ2) is 4.56. The molecule has 2 aromatic heterocycles. The Hall–Kier alpha value is -1.95. The lowest BCUT2D eigenvalue weighted by molar-refractivity contribution is 0.756. The van der Waals surface area contributed by atoms with E-state index in [0.717, 1.165) is 27.1 Å². The van der Waals surface area contributed by atoms with E-state index in [1.807, 2.05) is 30.6 Å². The number of nitrogens with one attached hydrogen (secondary N) is 1. The van der Waals surface area contributed by atoms with Crippen molar-refractivity contribution in [1.82, 2.24) is 19.5 Å². The van der Waals surface area contributed by atoms with E-state index >= 15 is 0 Å². The Bertz CT molecular complexity index is 778. The van der Waals surface area contributed by atoms with Crippen LogP contribution in [0.4, 0.5) is 11.5 Å². The quantitative estimate of drug-likeness (QED) is 0.796. The van der Waals surface area contributed by atoms with Gasteiger partial charge < -0.3 is 9.88 Å². The number of hydrogen-bond donors (Lipinski definition) is 1. The zero-order chi connectivity index (χ0) is 13.5. The zero-order valence-corrected chi connectivity index (χ0v) is 12.2. The number of anilines is 2. The molecule has 0 saturated heterocycles. The number of rotatable bonds is 3. The number of benzene rings is 1. The smallest absolute Gasteiger partial charge is 0.165 e. The van der Waals surface area contributed by atoms with Crippen molar-refractivity contribution in [3.05, 3.63) is 41.4 Å². The third-order valence-corrected chi connectivity index (χ3v) is 3.88. The molecule has 3 aromatic rings. The second-order valence-corrected chi connectivity index (χ2v) is 5.83. The minimum Gasteiger partial charge on any atom is -0.338 e. The van der Waals surface area contributed by atoms with Gasteiger partial charge in [0.15, 0.2) is 17.0 Å². The van der Waals surface area contributed by atoms with E-state index in [-0.39, 0.29) is 0 Å². The van der Waals surface area contributed by atoms with Gasteiger partial charge in [0.05, 0.1) is 6.33 Å². The molecule has 2 heterocycles. The van der Waals surface area contributed by atoms with Crippen molar-refractivity contribution in [3.8, 4) is 0 Å². The summed E-state index contributed by atoms with van der Waals surface area (Å²) in [5.74, 6) is 0.743. The molecule has 0 unspecified atom stereocenters. The fourth-order valence-corrected chi connectivity index (χ4v) is 2.67. The Morgan fingerprint density at radius 3 is 2.90 bits per heavy atom. The number of nitrogens with zero attached hydrogens (tertiary/aromatic N) is 4. The monoisotopic (exact) mass is 329 g/mol. The van der Waals surface area contributed by atoms with Crippen LogP contribution in [0.1, 0.15) is 18.9 Å². The molecular weight excluding hydrogens is 318 g/mol. The summed E-state index contributed by atoms with van der Waals surface area (Å²) in [4.78, 5) is 13.1. The summed E-state index contributed by atoms with van der Waals surface area (Å²) in [6.07, 6.45) is 5.88. The molecule has 0 bridgehead atoms. The molecule has 6 heteroatoms. The molecule has 4 rings (SSSR count). The Balaban J connectivity index is 1.76. The molecular formula is C14H12BrN5. The van der Waals surface area contributed by atoms with Gasteiger partial charge >= 0.3 is 0 Å². The summed E-state index contributed by atoms with van der Waals surface area (Å²) in [7, 11) is 0. The fraction of sp³-hybridized carbons (Fsp3) is 0.214. The largest absolute Gasteiger partial charge is 0.338 e. The van der Waals surface area contributed by atoms with Crippen LogP contribution in [0, 0.1) is 0 Å². The van der Waals surface area contributed by atoms with Gasteiger partial charge in [-0.1, -0.05) is 22.0 Å². The highest BCUT2D eigenvalue weighted by molar-refractivity contribution is 9.10. The average Bonchev–Trinajstić information content (AvgIpc) is 3.19. The van der Waals surface area contributed by atoms with Crippen molar-refractivity contribution in [2.75, 3.05) is 5.32 Å². The highest BCUT2D eigenvalue weighted by atomic mass is 79.9. The average molecular weight is 330 g/mol. The molecule has 0 spiro atoms. The topological polar surface area (TPSA) is 55.6 Å². The van der Waals surface area contributed by atoms with Gasteiger partial charge in [0.2, 0.25) is 0 Å². The molecule has 0 radical (unpaired) electrons. The summed E-state index contributed by atoms with van der Waals surface area (Å²) < 4.78 is 3.17. The minimum atomic E-state index is 0.564. The van der Waals surface area contributed by atoms with E-state index in [1.54, 1.807) is 6.33 Å². The summed E-state index contributed by atoms with van der Waals surface area (Å²) in [6.45, 7) is 0. The van der Waals surface area contributed by atoms with Gasteiger partial charge in [0, 0.05) is 16.2 Å². The van der Waals surface area contributed by atoms with E-state index in [1.165, 1.54) is 12.8 Å². The van der Waals surface area contributed by atoms with Crippen molar-refractivity contribution < 1.29 is 0 Å². The summed E-state index contributed by atoms with van der Waals surface area (Å²) in [6, 6.07) is 8.53. The number of imidazole rings is 1. The van der Waals surface area contributed by atoms with E-state index in [2.05, 4.69) is 40.8 Å². The first-order chi connectivity index (χ1) is 9.81. The van der Waals surface area contributed by atoms with Crippen LogP contribution in [-0.2, 0) is 0 Å². The molecule has 0 atom stereocenters. The Morgan fingerprint density at radius 1 is 1.20 bits per heavy atom. The van der Waals surface area contributed by atoms with Crippen LogP contribution in [0.3, 0.4) is 0 Å². The van der Waals surface area contributed by atoms with Crippen LogP contribution >= 0.6 is 15.9 Å². The standard InChI is InChI=1S/C14H12BrN5/c15-9-2-1-3-10(6-9)19-13-12-14(17-7-16-13)20(8-18-12)11-4-5-11/h1-3,6-8,11H,4-5H2,(H,16,17,19). The maximum absolute atomic E-state index is 4.46. The summed E-state index contributed by atoms with van der Waals surface area (Å²) in [5, 5.41) is 3.30. The highest BCUT2D eigenvalue weighted by Gasteiger charge is 2.26. The van der Waals surface area contributed by atoms with E-state index in [0.29, 0.717) is 6.04 Å². The third-order valence-electron chi connectivity index (χ3n) is 3.39. The van der Waals surface area contributed by atoms with Gasteiger partial charge in [0.1, 0.15) is 6.33 Å². The molecule has 1 fully saturated rings. The van der Waals surface area contributed by atoms with Gasteiger partial charge in [-0.3, -0.25) is 0 Å². The molecule has 1 saturated carbocycles. The Morgan fingerprint density at radius 2 is 2.10 bits per heavy atom. The van der Waals surface area contributed by atoms with E-state index < -0.39 is 0 Å². The van der Waals surface area contributed by atoms with Crippen LogP contribution in [0.2, 0.25) is 0 Å². The predicted molar refractivity (Wildman–Crippen MR) is 81.0 cm³/mol. The van der Waals surface area contributed by atoms with Gasteiger partial charge in [-0.2, -0.15) is 0 Å². The molecule has 100 valence electrons. The molecule has 5 nitrogen and oxygen atoms in total. The van der Waals surface area contributed by atoms with Gasteiger partial charge in [0.25, 0.3) is 0 Å². The molecule has 20 heavy (non-hydrogen) atoms. The first kappa shape index (κ1) is 11.8. The lowest BCUT2D eigenvalue weighted by Crippen LogP contribution is -1.98. The number of fused-ring (bicyclic) bond motifs is 1. The van der Waals surface area contributed by atoms with Crippen molar-refractivity contribution in [2.24, 2.45) is 0 Å². The van der Waals surface area contributed by atoms with Crippen molar-refractivity contribution in [3.63, 3.8) is 0 Å². The zero-order valence-electron chi connectivity index (χ0n) is 10.6. The van der Waals surface area contributed by atoms with Crippen LogP contribution in [0.5, 0.6) is 0 Å². The first-order valence-corrected chi connectivity index (χ1v) is 7.31. The highest BCUT2D eigenvalue weighted by Crippen LogP contribution is 2.37. The van der Waals surface area contributed by atoms with E-state index in [9.17, 15) is 0 Å². The normalized spacial score (nSPS) is 14.7. The predicted octanol–water partition coefficient (Wildman–Crippen LogP) is 3.67. The van der Waals surface area contributed by atoms with E-state index in [4.69, 9.17) is 0 Å². The number of aromatic nitrogens is 4. The summed E-state index contributed by atoms with van der Waals surface area (Å²) >= 11 is 3.46. The Kier molecular flexibility index (Phi) is 2.70. The molecule has 1 aliphatic carbocycles. The van der Waals surface area contributed by atoms with Crippen molar-refractivity contribution >= 4 is 38.6 Å². The van der Waals surface area contributed by atoms with Crippen LogP contribution < -0.4 is 5.32 Å². The molecule has 0 amide bonds. The first-order valence-electron chi connectivity index (χ1n) is 6.51. The maximum Gasteiger partial charge on any atom is 0.165 e.